The van der Waals surface area contributed by atoms with Crippen LogP contribution in [0.5, 0.6) is 0 Å². The van der Waals surface area contributed by atoms with Gasteiger partial charge in [0.2, 0.25) is 0 Å². The first-order valence-electron chi connectivity index (χ1n) is 5.48. The number of hydrogen-bond donors (Lipinski definition) is 1. The number of nitrogens with one attached hydrogen (secondary N) is 1. The van der Waals surface area contributed by atoms with Gasteiger partial charge in [0.05, 0.1) is 11.9 Å². The standard InChI is InChI=1S/C11H17N5/c1-3-16-9-10(7-13-16)6-12-8-11-4-5-15(2)14-11/h4-5,7,9,12H,3,6,8H2,1-2H3. The van der Waals surface area contributed by atoms with Crippen LogP contribution in [0, 0.1) is 0 Å². The largest absolute Gasteiger partial charge is 0.307 e. The van der Waals surface area contributed by atoms with Gasteiger partial charge in [-0.1, -0.05) is 0 Å². The lowest BCUT2D eigenvalue weighted by molar-refractivity contribution is 0.648. The molecule has 0 spiro atoms. The summed E-state index contributed by atoms with van der Waals surface area (Å²) in [5, 5.41) is 11.9. The summed E-state index contributed by atoms with van der Waals surface area (Å²) in [6.45, 7) is 4.62. The predicted molar refractivity (Wildman–Crippen MR) is 61.7 cm³/mol. The minimum Gasteiger partial charge on any atom is -0.307 e. The molecule has 0 amide bonds. The lowest BCUT2D eigenvalue weighted by Gasteiger charge is -1.99. The zero-order valence-electron chi connectivity index (χ0n) is 9.72. The lowest BCUT2D eigenvalue weighted by atomic mass is 10.3. The molecule has 2 heterocycles. The Labute approximate surface area is 95.1 Å². The first-order chi connectivity index (χ1) is 7.78. The molecule has 2 aromatic heterocycles. The molecule has 0 aliphatic carbocycles. The van der Waals surface area contributed by atoms with E-state index in [0.717, 1.165) is 25.3 Å². The summed E-state index contributed by atoms with van der Waals surface area (Å²) in [7, 11) is 1.93. The molecular formula is C11H17N5. The average molecular weight is 219 g/mol. The van der Waals surface area contributed by atoms with E-state index in [1.807, 2.05) is 34.9 Å². The van der Waals surface area contributed by atoms with Crippen molar-refractivity contribution in [1.82, 2.24) is 24.9 Å². The SMILES string of the molecule is CCn1cc(CNCc2ccn(C)n2)cn1. The molecule has 0 fully saturated rings. The first kappa shape index (κ1) is 10.9. The molecule has 0 saturated carbocycles. The maximum absolute atomic E-state index is 4.30. The normalized spacial score (nSPS) is 10.9. The molecule has 0 unspecified atom stereocenters. The molecule has 0 radical (unpaired) electrons. The Morgan fingerprint density at radius 3 is 2.88 bits per heavy atom. The van der Waals surface area contributed by atoms with Gasteiger partial charge in [-0.25, -0.2) is 0 Å². The molecule has 0 saturated heterocycles. The van der Waals surface area contributed by atoms with Crippen LogP contribution in [0.3, 0.4) is 0 Å². The van der Waals surface area contributed by atoms with Crippen molar-refractivity contribution in [3.8, 4) is 0 Å². The van der Waals surface area contributed by atoms with Crippen molar-refractivity contribution in [3.63, 3.8) is 0 Å². The van der Waals surface area contributed by atoms with Crippen molar-refractivity contribution in [1.29, 1.82) is 0 Å². The molecule has 0 atom stereocenters. The van der Waals surface area contributed by atoms with Crippen LogP contribution in [0.2, 0.25) is 0 Å². The molecule has 0 bridgehead atoms. The maximum atomic E-state index is 4.30. The van der Waals surface area contributed by atoms with Gasteiger partial charge >= 0.3 is 0 Å². The smallest absolute Gasteiger partial charge is 0.0762 e. The summed E-state index contributed by atoms with van der Waals surface area (Å²) in [6.07, 6.45) is 5.91. The second-order valence-corrected chi connectivity index (χ2v) is 3.79. The van der Waals surface area contributed by atoms with Gasteiger partial charge in [-0.05, 0) is 13.0 Å². The highest BCUT2D eigenvalue weighted by Crippen LogP contribution is 1.98. The molecule has 86 valence electrons. The molecule has 0 aromatic carbocycles. The molecule has 1 N–H and O–H groups in total. The van der Waals surface area contributed by atoms with Crippen LogP contribution in [0.25, 0.3) is 0 Å². The Morgan fingerprint density at radius 1 is 1.38 bits per heavy atom. The van der Waals surface area contributed by atoms with Gasteiger partial charge in [-0.3, -0.25) is 9.36 Å². The lowest BCUT2D eigenvalue weighted by Crippen LogP contribution is -2.12. The van der Waals surface area contributed by atoms with Gasteiger partial charge in [-0.15, -0.1) is 0 Å². The fourth-order valence-corrected chi connectivity index (χ4v) is 1.56. The highest BCUT2D eigenvalue weighted by molar-refractivity contribution is 5.04. The Balaban J connectivity index is 1.79. The number of nitrogens with zero attached hydrogens (tertiary/aromatic N) is 4. The Bertz CT molecular complexity index is 443. The fraction of sp³-hybridized carbons (Fsp3) is 0.455. The summed E-state index contributed by atoms with van der Waals surface area (Å²) >= 11 is 0. The third kappa shape index (κ3) is 2.70. The topological polar surface area (TPSA) is 47.7 Å². The van der Waals surface area contributed by atoms with E-state index in [9.17, 15) is 0 Å². The summed E-state index contributed by atoms with van der Waals surface area (Å²) in [5.74, 6) is 0. The van der Waals surface area contributed by atoms with Gasteiger partial charge in [0.25, 0.3) is 0 Å². The summed E-state index contributed by atoms with van der Waals surface area (Å²) in [5.41, 5.74) is 2.27. The molecule has 2 rings (SSSR count). The predicted octanol–water partition coefficient (Wildman–Crippen LogP) is 0.926. The monoisotopic (exact) mass is 219 g/mol. The first-order valence-corrected chi connectivity index (χ1v) is 5.48. The van der Waals surface area contributed by atoms with E-state index in [1.165, 1.54) is 5.56 Å². The van der Waals surface area contributed by atoms with E-state index < -0.39 is 0 Å². The zero-order valence-corrected chi connectivity index (χ0v) is 9.72. The van der Waals surface area contributed by atoms with Crippen molar-refractivity contribution in [2.24, 2.45) is 7.05 Å². The molecule has 16 heavy (non-hydrogen) atoms. The second-order valence-electron chi connectivity index (χ2n) is 3.79. The van der Waals surface area contributed by atoms with Crippen LogP contribution in [0.4, 0.5) is 0 Å². The van der Waals surface area contributed by atoms with Gasteiger partial charge in [-0.2, -0.15) is 10.2 Å². The quantitative estimate of drug-likeness (QED) is 0.813. The minimum atomic E-state index is 0.790. The number of rotatable bonds is 5. The van der Waals surface area contributed by atoms with Crippen LogP contribution < -0.4 is 5.32 Å². The second kappa shape index (κ2) is 4.94. The molecule has 0 aliphatic heterocycles. The van der Waals surface area contributed by atoms with E-state index in [-0.39, 0.29) is 0 Å². The van der Waals surface area contributed by atoms with Crippen LogP contribution in [0.1, 0.15) is 18.2 Å². The van der Waals surface area contributed by atoms with E-state index in [0.29, 0.717) is 0 Å². The zero-order chi connectivity index (χ0) is 11.4. The Hall–Kier alpha value is -1.62. The van der Waals surface area contributed by atoms with Crippen molar-refractivity contribution >= 4 is 0 Å². The van der Waals surface area contributed by atoms with E-state index in [1.54, 1.807) is 0 Å². The van der Waals surface area contributed by atoms with Crippen LogP contribution in [-0.4, -0.2) is 19.6 Å². The van der Waals surface area contributed by atoms with Gasteiger partial charge in [0, 0.05) is 44.6 Å². The molecular weight excluding hydrogens is 202 g/mol. The van der Waals surface area contributed by atoms with Gasteiger partial charge in [0.1, 0.15) is 0 Å². The summed E-state index contributed by atoms with van der Waals surface area (Å²) in [4.78, 5) is 0. The van der Waals surface area contributed by atoms with Crippen LogP contribution in [0.15, 0.2) is 24.7 Å². The van der Waals surface area contributed by atoms with Crippen molar-refractivity contribution in [2.45, 2.75) is 26.6 Å². The Morgan fingerprint density at radius 2 is 2.25 bits per heavy atom. The molecule has 5 heteroatoms. The third-order valence-corrected chi connectivity index (χ3v) is 2.41. The number of hydrogen-bond acceptors (Lipinski definition) is 3. The van der Waals surface area contributed by atoms with Crippen LogP contribution >= 0.6 is 0 Å². The van der Waals surface area contributed by atoms with Gasteiger partial charge in [0.15, 0.2) is 0 Å². The Kier molecular flexibility index (Phi) is 3.36. The van der Waals surface area contributed by atoms with E-state index in [2.05, 4.69) is 28.6 Å². The third-order valence-electron chi connectivity index (χ3n) is 2.41. The van der Waals surface area contributed by atoms with Crippen LogP contribution in [-0.2, 0) is 26.7 Å². The number of aryl methyl sites for hydroxylation is 2. The van der Waals surface area contributed by atoms with Crippen molar-refractivity contribution < 1.29 is 0 Å². The fourth-order valence-electron chi connectivity index (χ4n) is 1.56. The van der Waals surface area contributed by atoms with Crippen molar-refractivity contribution in [3.05, 3.63) is 35.9 Å². The summed E-state index contributed by atoms with van der Waals surface area (Å²) in [6, 6.07) is 2.02. The highest BCUT2D eigenvalue weighted by Gasteiger charge is 1.99. The molecule has 2 aromatic rings. The highest BCUT2D eigenvalue weighted by atomic mass is 15.3. The molecule has 0 aliphatic rings. The van der Waals surface area contributed by atoms with E-state index in [4.69, 9.17) is 0 Å². The molecule has 5 nitrogen and oxygen atoms in total. The van der Waals surface area contributed by atoms with E-state index >= 15 is 0 Å². The average Bonchev–Trinajstić information content (AvgIpc) is 2.88. The summed E-state index contributed by atoms with van der Waals surface area (Å²) < 4.78 is 3.74. The van der Waals surface area contributed by atoms with Crippen molar-refractivity contribution in [2.75, 3.05) is 0 Å². The van der Waals surface area contributed by atoms with Gasteiger partial charge < -0.3 is 5.32 Å². The minimum absolute atomic E-state index is 0.790. The number of aromatic nitrogens is 4. The maximum Gasteiger partial charge on any atom is 0.0762 e.